The Morgan fingerprint density at radius 1 is 0.947 bits per heavy atom. The number of anilines is 2. The molecule has 0 aromatic heterocycles. The fourth-order valence-electron chi connectivity index (χ4n) is 4.10. The zero-order chi connectivity index (χ0) is 27.5. The smallest absolute Gasteiger partial charge is 0.261 e. The lowest BCUT2D eigenvalue weighted by Gasteiger charge is -2.31. The SMILES string of the molecule is COc1ccc(S(=O)(=O)N2CCC[C@@H](C(=O)Nc3ccc(S(=O)(=O)Nc4ccc(C)c(Cl)c4)cc3)C2)cc1. The van der Waals surface area contributed by atoms with E-state index in [4.69, 9.17) is 16.3 Å². The van der Waals surface area contributed by atoms with Crippen molar-refractivity contribution in [3.63, 3.8) is 0 Å². The van der Waals surface area contributed by atoms with Gasteiger partial charge in [0, 0.05) is 23.8 Å². The summed E-state index contributed by atoms with van der Waals surface area (Å²) in [4.78, 5) is 13.1. The second-order valence-corrected chi connectivity index (χ2v) is 13.0. The molecule has 38 heavy (non-hydrogen) atoms. The standard InChI is InChI=1S/C26H28ClN3O6S2/c1-18-5-6-21(16-25(18)27)29-37(32,33)23-11-7-20(8-12-23)28-26(31)19-4-3-15-30(17-19)38(34,35)24-13-9-22(36-2)10-14-24/h5-14,16,19,29H,3-4,15,17H2,1-2H3,(H,28,31)/t19-/m1/s1. The molecule has 3 aromatic carbocycles. The fraction of sp³-hybridized carbons (Fsp3) is 0.269. The van der Waals surface area contributed by atoms with Crippen LogP contribution in [0.15, 0.2) is 76.5 Å². The second-order valence-electron chi connectivity index (χ2n) is 8.96. The normalized spacial score (nSPS) is 16.6. The number of piperidine rings is 1. The van der Waals surface area contributed by atoms with E-state index in [0.29, 0.717) is 41.5 Å². The molecule has 9 nitrogen and oxygen atoms in total. The Labute approximate surface area is 227 Å². The number of halogens is 1. The molecule has 1 amide bonds. The minimum atomic E-state index is -3.87. The Morgan fingerprint density at radius 3 is 2.21 bits per heavy atom. The molecule has 3 aromatic rings. The Morgan fingerprint density at radius 2 is 1.58 bits per heavy atom. The van der Waals surface area contributed by atoms with Crippen molar-refractivity contribution in [2.24, 2.45) is 5.92 Å². The van der Waals surface area contributed by atoms with Gasteiger partial charge in [0.2, 0.25) is 15.9 Å². The van der Waals surface area contributed by atoms with Gasteiger partial charge in [-0.05, 0) is 86.0 Å². The molecule has 1 heterocycles. The van der Waals surface area contributed by atoms with Gasteiger partial charge in [-0.2, -0.15) is 4.31 Å². The summed E-state index contributed by atoms with van der Waals surface area (Å²) in [6.45, 7) is 2.19. The number of nitrogens with one attached hydrogen (secondary N) is 2. The number of rotatable bonds is 8. The number of aryl methyl sites for hydroxylation is 1. The highest BCUT2D eigenvalue weighted by molar-refractivity contribution is 7.92. The predicted octanol–water partition coefficient (Wildman–Crippen LogP) is 4.50. The van der Waals surface area contributed by atoms with Gasteiger partial charge in [-0.3, -0.25) is 9.52 Å². The Balaban J connectivity index is 1.40. The molecule has 1 fully saturated rings. The maximum Gasteiger partial charge on any atom is 0.261 e. The number of methoxy groups -OCH3 is 1. The number of sulfonamides is 2. The van der Waals surface area contributed by atoms with E-state index in [0.717, 1.165) is 5.56 Å². The van der Waals surface area contributed by atoms with Crippen LogP contribution in [0.4, 0.5) is 11.4 Å². The lowest BCUT2D eigenvalue weighted by atomic mass is 9.99. The van der Waals surface area contributed by atoms with Gasteiger partial charge in [0.25, 0.3) is 10.0 Å². The highest BCUT2D eigenvalue weighted by Crippen LogP contribution is 2.27. The third-order valence-electron chi connectivity index (χ3n) is 6.31. The molecule has 4 rings (SSSR count). The average molecular weight is 578 g/mol. The number of nitrogens with zero attached hydrogens (tertiary/aromatic N) is 1. The quantitative estimate of drug-likeness (QED) is 0.406. The third kappa shape index (κ3) is 6.29. The summed E-state index contributed by atoms with van der Waals surface area (Å²) in [6, 6.07) is 16.7. The maximum absolute atomic E-state index is 13.1. The zero-order valence-corrected chi connectivity index (χ0v) is 23.2. The second kappa shape index (κ2) is 11.3. The van der Waals surface area contributed by atoms with Crippen LogP contribution in [0.3, 0.4) is 0 Å². The van der Waals surface area contributed by atoms with Gasteiger partial charge in [0.1, 0.15) is 5.75 Å². The molecule has 1 aliphatic rings. The molecule has 202 valence electrons. The van der Waals surface area contributed by atoms with E-state index < -0.39 is 26.0 Å². The van der Waals surface area contributed by atoms with E-state index in [1.54, 1.807) is 24.3 Å². The van der Waals surface area contributed by atoms with Gasteiger partial charge in [-0.1, -0.05) is 17.7 Å². The predicted molar refractivity (Wildman–Crippen MR) is 147 cm³/mol. The van der Waals surface area contributed by atoms with E-state index in [1.165, 1.54) is 53.9 Å². The number of hydrogen-bond acceptors (Lipinski definition) is 6. The van der Waals surface area contributed by atoms with E-state index in [9.17, 15) is 21.6 Å². The first-order valence-electron chi connectivity index (χ1n) is 11.8. The van der Waals surface area contributed by atoms with Crippen molar-refractivity contribution in [3.8, 4) is 5.75 Å². The van der Waals surface area contributed by atoms with Crippen LogP contribution in [0.2, 0.25) is 5.02 Å². The summed E-state index contributed by atoms with van der Waals surface area (Å²) in [6.07, 6.45) is 1.08. The largest absolute Gasteiger partial charge is 0.497 e. The summed E-state index contributed by atoms with van der Waals surface area (Å²) in [7, 11) is -6.13. The van der Waals surface area contributed by atoms with Crippen molar-refractivity contribution in [1.29, 1.82) is 0 Å². The van der Waals surface area contributed by atoms with Crippen molar-refractivity contribution in [3.05, 3.63) is 77.3 Å². The number of ether oxygens (including phenoxy) is 1. The average Bonchev–Trinajstić information content (AvgIpc) is 2.91. The molecule has 1 aliphatic heterocycles. The van der Waals surface area contributed by atoms with E-state index >= 15 is 0 Å². The molecule has 0 spiro atoms. The van der Waals surface area contributed by atoms with Crippen LogP contribution in [0, 0.1) is 12.8 Å². The van der Waals surface area contributed by atoms with Gasteiger partial charge in [0.15, 0.2) is 0 Å². The highest BCUT2D eigenvalue weighted by atomic mass is 35.5. The molecule has 12 heteroatoms. The molecule has 0 radical (unpaired) electrons. The van der Waals surface area contributed by atoms with Gasteiger partial charge in [-0.15, -0.1) is 0 Å². The first kappa shape index (κ1) is 27.9. The van der Waals surface area contributed by atoms with Crippen LogP contribution >= 0.6 is 11.6 Å². The van der Waals surface area contributed by atoms with Crippen LogP contribution in [0.1, 0.15) is 18.4 Å². The van der Waals surface area contributed by atoms with Crippen molar-refractivity contribution < 1.29 is 26.4 Å². The van der Waals surface area contributed by atoms with Gasteiger partial charge < -0.3 is 10.1 Å². The number of carbonyl (C=O) groups excluding carboxylic acids is 1. The molecule has 1 saturated heterocycles. The molecule has 0 saturated carbocycles. The van der Waals surface area contributed by atoms with Gasteiger partial charge in [-0.25, -0.2) is 16.8 Å². The Bertz CT molecular complexity index is 1530. The lowest BCUT2D eigenvalue weighted by molar-refractivity contribution is -0.120. The molecule has 1 atom stereocenters. The summed E-state index contributed by atoms with van der Waals surface area (Å²) in [5, 5.41) is 3.22. The van der Waals surface area contributed by atoms with Crippen LogP contribution < -0.4 is 14.8 Å². The van der Waals surface area contributed by atoms with Crippen molar-refractivity contribution in [1.82, 2.24) is 4.31 Å². The van der Waals surface area contributed by atoms with Crippen LogP contribution in [-0.2, 0) is 24.8 Å². The molecular weight excluding hydrogens is 550 g/mol. The first-order chi connectivity index (χ1) is 18.0. The van der Waals surface area contributed by atoms with Crippen LogP contribution in [-0.4, -0.2) is 47.2 Å². The number of benzene rings is 3. The fourth-order valence-corrected chi connectivity index (χ4v) is 6.86. The van der Waals surface area contributed by atoms with E-state index in [-0.39, 0.29) is 22.2 Å². The van der Waals surface area contributed by atoms with Gasteiger partial charge >= 0.3 is 0 Å². The maximum atomic E-state index is 13.1. The minimum absolute atomic E-state index is 0.0154. The lowest BCUT2D eigenvalue weighted by Crippen LogP contribution is -2.43. The molecule has 0 aliphatic carbocycles. The zero-order valence-electron chi connectivity index (χ0n) is 20.8. The van der Waals surface area contributed by atoms with Crippen LogP contribution in [0.25, 0.3) is 0 Å². The summed E-state index contributed by atoms with van der Waals surface area (Å²) in [5.41, 5.74) is 1.57. The highest BCUT2D eigenvalue weighted by Gasteiger charge is 2.33. The van der Waals surface area contributed by atoms with Crippen molar-refractivity contribution in [2.45, 2.75) is 29.6 Å². The van der Waals surface area contributed by atoms with Gasteiger partial charge in [0.05, 0.1) is 28.5 Å². The Kier molecular flexibility index (Phi) is 8.31. The Hall–Kier alpha value is -3.12. The summed E-state index contributed by atoms with van der Waals surface area (Å²) < 4.78 is 60.6. The van der Waals surface area contributed by atoms with Crippen molar-refractivity contribution >= 4 is 48.9 Å². The first-order valence-corrected chi connectivity index (χ1v) is 15.1. The van der Waals surface area contributed by atoms with Crippen LogP contribution in [0.5, 0.6) is 5.75 Å². The van der Waals surface area contributed by atoms with Crippen molar-refractivity contribution in [2.75, 3.05) is 30.2 Å². The summed E-state index contributed by atoms with van der Waals surface area (Å²) in [5.74, 6) is -0.329. The van der Waals surface area contributed by atoms with E-state index in [1.807, 2.05) is 6.92 Å². The minimum Gasteiger partial charge on any atom is -0.497 e. The topological polar surface area (TPSA) is 122 Å². The van der Waals surface area contributed by atoms with E-state index in [2.05, 4.69) is 10.0 Å². The molecule has 2 N–H and O–H groups in total. The number of carbonyl (C=O) groups is 1. The number of amides is 1. The molecule has 0 bridgehead atoms. The monoisotopic (exact) mass is 577 g/mol. The molecular formula is C26H28ClN3O6S2. The summed E-state index contributed by atoms with van der Waals surface area (Å²) >= 11 is 6.08. The third-order valence-corrected chi connectivity index (χ3v) is 9.99. The number of hydrogen-bond donors (Lipinski definition) is 2. The molecule has 0 unspecified atom stereocenters.